The van der Waals surface area contributed by atoms with Gasteiger partial charge in [-0.15, -0.1) is 0 Å². The summed E-state index contributed by atoms with van der Waals surface area (Å²) in [7, 11) is -4.94. The molecule has 0 amide bonds. The van der Waals surface area contributed by atoms with Crippen LogP contribution in [-0.4, -0.2) is 36.8 Å². The molecule has 0 aliphatic heterocycles. The van der Waals surface area contributed by atoms with Crippen LogP contribution in [0.2, 0.25) is 0 Å². The van der Waals surface area contributed by atoms with Crippen LogP contribution in [0.15, 0.2) is 12.8 Å². The van der Waals surface area contributed by atoms with Crippen LogP contribution in [0.5, 0.6) is 0 Å². The summed E-state index contributed by atoms with van der Waals surface area (Å²) in [5.41, 5.74) is 0. The van der Waals surface area contributed by atoms with Crippen molar-refractivity contribution in [2.24, 2.45) is 0 Å². The minimum absolute atomic E-state index is 0. The molecule has 0 aromatic rings. The van der Waals surface area contributed by atoms with E-state index in [1.54, 1.807) is 0 Å². The quantitative estimate of drug-likeness (QED) is 0.106. The Morgan fingerprint density at radius 2 is 1.38 bits per heavy atom. The largest absolute Gasteiger partial charge is 1.00 e. The Morgan fingerprint density at radius 1 is 0.966 bits per heavy atom. The van der Waals surface area contributed by atoms with Crippen LogP contribution in [0, 0.1) is 0 Å². The molecule has 0 heterocycles. The van der Waals surface area contributed by atoms with E-state index >= 15 is 0 Å². The van der Waals surface area contributed by atoms with E-state index in [2.05, 4.69) is 13.5 Å². The molecule has 0 aliphatic carbocycles. The zero-order valence-electron chi connectivity index (χ0n) is 18.1. The van der Waals surface area contributed by atoms with Crippen LogP contribution in [0.3, 0.4) is 0 Å². The number of rotatable bonds is 16. The average Bonchev–Trinajstić information content (AvgIpc) is 2.57. The standard InChI is InChI=1S/C14H28O.C4H6O7S.2Na/c1-3-5-6-7-8-9-10-11-12-13-14-15-4-2;5-3(6)1-2(4(7)8)12(9,10)11;;/h4H,2-3,5-14H2,1H3;2H,1H2,(H,5,6)(H,7,8)(H,9,10,11);;/q;;2*+1/p-2. The van der Waals surface area contributed by atoms with Gasteiger partial charge in [0, 0.05) is 12.4 Å². The van der Waals surface area contributed by atoms with Crippen molar-refractivity contribution in [3.8, 4) is 0 Å². The second kappa shape index (κ2) is 24.7. The van der Waals surface area contributed by atoms with Gasteiger partial charge in [0.15, 0.2) is 0 Å². The minimum Gasteiger partial charge on any atom is -0.550 e. The van der Waals surface area contributed by atoms with Gasteiger partial charge in [-0.2, -0.15) is 8.42 Å². The van der Waals surface area contributed by atoms with E-state index in [9.17, 15) is 28.2 Å². The molecule has 0 aromatic heterocycles. The SMILES string of the molecule is C=COCCCCCCCCCCCC.O=C([O-])CC(C(=O)[O-])S(=O)(=O)O.[Na+].[Na+]. The fraction of sp³-hybridized carbons (Fsp3) is 0.778. The van der Waals surface area contributed by atoms with Crippen LogP contribution < -0.4 is 69.3 Å². The number of carboxylic acid groups (broad SMARTS) is 2. The summed E-state index contributed by atoms with van der Waals surface area (Å²) in [6.45, 7) is 6.64. The number of carboxylic acids is 2. The molecule has 1 N–H and O–H groups in total. The zero-order chi connectivity index (χ0) is 21.1. The first-order valence-corrected chi connectivity index (χ1v) is 10.8. The van der Waals surface area contributed by atoms with Crippen molar-refractivity contribution >= 4 is 22.1 Å². The fourth-order valence-corrected chi connectivity index (χ4v) is 2.81. The molecule has 8 nitrogen and oxygen atoms in total. The summed E-state index contributed by atoms with van der Waals surface area (Å²) in [4.78, 5) is 19.7. The van der Waals surface area contributed by atoms with E-state index in [-0.39, 0.29) is 59.1 Å². The molecule has 0 bridgehead atoms. The van der Waals surface area contributed by atoms with Gasteiger partial charge in [0.1, 0.15) is 5.25 Å². The van der Waals surface area contributed by atoms with Crippen molar-refractivity contribution in [2.45, 2.75) is 82.8 Å². The average molecular weight is 454 g/mol. The van der Waals surface area contributed by atoms with Crippen molar-refractivity contribution in [3.63, 3.8) is 0 Å². The van der Waals surface area contributed by atoms with E-state index in [1.165, 1.54) is 70.5 Å². The molecule has 0 fully saturated rings. The second-order valence-corrected chi connectivity index (χ2v) is 7.72. The Kier molecular flexibility index (Phi) is 31.2. The molecule has 0 radical (unpaired) electrons. The van der Waals surface area contributed by atoms with Crippen LogP contribution in [-0.2, 0) is 24.4 Å². The van der Waals surface area contributed by atoms with Gasteiger partial charge < -0.3 is 24.5 Å². The molecule has 0 saturated carbocycles. The Morgan fingerprint density at radius 3 is 1.66 bits per heavy atom. The first kappa shape index (κ1) is 36.7. The van der Waals surface area contributed by atoms with Crippen molar-refractivity contribution in [1.82, 2.24) is 0 Å². The van der Waals surface area contributed by atoms with Crippen molar-refractivity contribution < 1.29 is 96.6 Å². The number of aliphatic carboxylic acids is 2. The summed E-state index contributed by atoms with van der Waals surface area (Å²) in [6, 6.07) is 0. The summed E-state index contributed by atoms with van der Waals surface area (Å²) in [6.07, 6.45) is 14.0. The first-order chi connectivity index (χ1) is 12.7. The van der Waals surface area contributed by atoms with Gasteiger partial charge in [-0.25, -0.2) is 0 Å². The third-order valence-corrected chi connectivity index (χ3v) is 4.79. The summed E-state index contributed by atoms with van der Waals surface area (Å²) >= 11 is 0. The molecule has 0 rings (SSSR count). The van der Waals surface area contributed by atoms with E-state index in [4.69, 9.17) is 9.29 Å². The molecule has 11 heteroatoms. The van der Waals surface area contributed by atoms with E-state index in [0.29, 0.717) is 0 Å². The molecule has 0 aliphatic rings. The minimum atomic E-state index is -4.94. The maximum atomic E-state index is 10.2. The van der Waals surface area contributed by atoms with Gasteiger partial charge in [-0.1, -0.05) is 71.3 Å². The van der Waals surface area contributed by atoms with Gasteiger partial charge in [0.05, 0.1) is 18.8 Å². The summed E-state index contributed by atoms with van der Waals surface area (Å²) in [5, 5.41) is 17.3. The molecule has 1 unspecified atom stereocenters. The van der Waals surface area contributed by atoms with Gasteiger partial charge in [0.25, 0.3) is 10.1 Å². The Balaban J connectivity index is -0.000000206. The Hall–Kier alpha value is 0.390. The smallest absolute Gasteiger partial charge is 0.550 e. The molecular formula is C18H32Na2O8S. The Bertz CT molecular complexity index is 512. The third-order valence-electron chi connectivity index (χ3n) is 3.71. The number of unbranched alkanes of at least 4 members (excludes halogenated alkanes) is 9. The van der Waals surface area contributed by atoms with E-state index < -0.39 is 33.7 Å². The summed E-state index contributed by atoms with van der Waals surface area (Å²) in [5.74, 6) is -4.08. The van der Waals surface area contributed by atoms with Gasteiger partial charge in [-0.3, -0.25) is 4.55 Å². The number of carbonyl (C=O) groups excluding carboxylic acids is 2. The number of hydrogen-bond donors (Lipinski definition) is 1. The first-order valence-electron chi connectivity index (χ1n) is 9.26. The van der Waals surface area contributed by atoms with Crippen molar-refractivity contribution in [1.29, 1.82) is 0 Å². The molecule has 0 aromatic carbocycles. The van der Waals surface area contributed by atoms with Crippen LogP contribution in [0.25, 0.3) is 0 Å². The topological polar surface area (TPSA) is 144 Å². The molecule has 29 heavy (non-hydrogen) atoms. The molecular weight excluding hydrogens is 422 g/mol. The van der Waals surface area contributed by atoms with Crippen molar-refractivity contribution in [2.75, 3.05) is 6.61 Å². The summed E-state index contributed by atoms with van der Waals surface area (Å²) < 4.78 is 33.5. The van der Waals surface area contributed by atoms with Gasteiger partial charge in [-0.05, 0) is 6.42 Å². The predicted molar refractivity (Wildman–Crippen MR) is 98.0 cm³/mol. The number of carbonyl (C=O) groups is 2. The molecule has 0 saturated heterocycles. The van der Waals surface area contributed by atoms with E-state index in [0.717, 1.165) is 6.61 Å². The molecule has 160 valence electrons. The second-order valence-electron chi connectivity index (χ2n) is 6.12. The predicted octanol–water partition coefficient (Wildman–Crippen LogP) is -4.79. The fourth-order valence-electron chi connectivity index (χ4n) is 2.22. The van der Waals surface area contributed by atoms with Crippen LogP contribution >= 0.6 is 0 Å². The van der Waals surface area contributed by atoms with E-state index in [1.807, 2.05) is 0 Å². The van der Waals surface area contributed by atoms with Gasteiger partial charge >= 0.3 is 59.1 Å². The normalized spacial score (nSPS) is 11.0. The van der Waals surface area contributed by atoms with Crippen molar-refractivity contribution in [3.05, 3.63) is 12.8 Å². The maximum Gasteiger partial charge on any atom is 1.00 e. The molecule has 1 atom stereocenters. The number of ether oxygens (including phenoxy) is 1. The van der Waals surface area contributed by atoms with Gasteiger partial charge in [0.2, 0.25) is 0 Å². The number of hydrogen-bond acceptors (Lipinski definition) is 7. The van der Waals surface area contributed by atoms with Crippen LogP contribution in [0.1, 0.15) is 77.6 Å². The maximum absolute atomic E-state index is 10.2. The zero-order valence-corrected chi connectivity index (χ0v) is 22.9. The third kappa shape index (κ3) is 28.4. The Labute approximate surface area is 219 Å². The molecule has 0 spiro atoms. The monoisotopic (exact) mass is 454 g/mol. The van der Waals surface area contributed by atoms with Crippen LogP contribution in [0.4, 0.5) is 0 Å².